The van der Waals surface area contributed by atoms with Crippen molar-refractivity contribution < 1.29 is 9.32 Å². The third kappa shape index (κ3) is 3.93. The van der Waals surface area contributed by atoms with Crippen molar-refractivity contribution in [2.24, 2.45) is 5.92 Å². The molecule has 0 radical (unpaired) electrons. The molecule has 1 fully saturated rings. The van der Waals surface area contributed by atoms with E-state index in [-0.39, 0.29) is 12.1 Å². The van der Waals surface area contributed by atoms with Crippen LogP contribution < -0.4 is 5.32 Å². The number of hydrogen-bond acceptors (Lipinski definition) is 4. The molecule has 5 nitrogen and oxygen atoms in total. The molecule has 2 amide bonds. The maximum atomic E-state index is 12.6. The highest BCUT2D eigenvalue weighted by molar-refractivity contribution is 7.10. The first-order valence-electron chi connectivity index (χ1n) is 8.10. The molecule has 0 aliphatic heterocycles. The van der Waals surface area contributed by atoms with Gasteiger partial charge in [-0.25, -0.2) is 4.79 Å². The number of carbonyl (C=O) groups excluding carboxylic acids is 1. The van der Waals surface area contributed by atoms with Crippen molar-refractivity contribution >= 4 is 17.4 Å². The van der Waals surface area contributed by atoms with Crippen LogP contribution in [0.1, 0.15) is 48.1 Å². The highest BCUT2D eigenvalue weighted by Crippen LogP contribution is 2.37. The van der Waals surface area contributed by atoms with Gasteiger partial charge in [0.05, 0.1) is 12.6 Å². The van der Waals surface area contributed by atoms with Crippen LogP contribution in [-0.4, -0.2) is 23.1 Å². The number of nitrogens with one attached hydrogen (secondary N) is 1. The van der Waals surface area contributed by atoms with Gasteiger partial charge < -0.3 is 14.7 Å². The maximum absolute atomic E-state index is 12.6. The van der Waals surface area contributed by atoms with Crippen LogP contribution in [0.5, 0.6) is 0 Å². The minimum atomic E-state index is -0.0593. The Balaban J connectivity index is 1.65. The first-order chi connectivity index (χ1) is 11.1. The normalized spacial score (nSPS) is 16.4. The van der Waals surface area contributed by atoms with Gasteiger partial charge in [-0.3, -0.25) is 0 Å². The SMILES string of the molecule is Cc1cc(CN(C)C(=O)NC(c2cccs2)C2CCCC2)no1. The predicted molar refractivity (Wildman–Crippen MR) is 90.3 cm³/mol. The lowest BCUT2D eigenvalue weighted by atomic mass is 9.97. The fourth-order valence-corrected chi connectivity index (χ4v) is 4.10. The van der Waals surface area contributed by atoms with Gasteiger partial charge in [-0.1, -0.05) is 24.1 Å². The smallest absolute Gasteiger partial charge is 0.318 e. The zero-order chi connectivity index (χ0) is 16.2. The number of thiophene rings is 1. The Bertz CT molecular complexity index is 632. The number of nitrogens with zero attached hydrogens (tertiary/aromatic N) is 2. The molecule has 3 rings (SSSR count). The summed E-state index contributed by atoms with van der Waals surface area (Å²) in [5.41, 5.74) is 0.772. The summed E-state index contributed by atoms with van der Waals surface area (Å²) in [7, 11) is 1.79. The van der Waals surface area contributed by atoms with Crippen LogP contribution in [0.3, 0.4) is 0 Å². The molecule has 2 heterocycles. The lowest BCUT2D eigenvalue weighted by molar-refractivity contribution is 0.196. The van der Waals surface area contributed by atoms with Crippen molar-refractivity contribution in [3.63, 3.8) is 0 Å². The van der Waals surface area contributed by atoms with Crippen LogP contribution in [0.15, 0.2) is 28.1 Å². The second kappa shape index (κ2) is 7.17. The average Bonchev–Trinajstić information content (AvgIpc) is 3.27. The number of urea groups is 1. The average molecular weight is 333 g/mol. The Labute approximate surface area is 140 Å². The molecule has 1 atom stereocenters. The summed E-state index contributed by atoms with van der Waals surface area (Å²) in [4.78, 5) is 15.5. The van der Waals surface area contributed by atoms with Crippen molar-refractivity contribution in [1.29, 1.82) is 0 Å². The van der Waals surface area contributed by atoms with E-state index in [1.807, 2.05) is 13.0 Å². The first-order valence-corrected chi connectivity index (χ1v) is 8.98. The van der Waals surface area contributed by atoms with E-state index in [1.165, 1.54) is 30.6 Å². The Kier molecular flexibility index (Phi) is 5.00. The van der Waals surface area contributed by atoms with Crippen molar-refractivity contribution in [1.82, 2.24) is 15.4 Å². The van der Waals surface area contributed by atoms with E-state index in [9.17, 15) is 4.79 Å². The monoisotopic (exact) mass is 333 g/mol. The molecule has 0 spiro atoms. The predicted octanol–water partition coefficient (Wildman–Crippen LogP) is 4.12. The van der Waals surface area contributed by atoms with Crippen LogP contribution in [-0.2, 0) is 6.54 Å². The first kappa shape index (κ1) is 16.1. The van der Waals surface area contributed by atoms with Crippen LogP contribution in [0.25, 0.3) is 0 Å². The largest absolute Gasteiger partial charge is 0.361 e. The van der Waals surface area contributed by atoms with Gasteiger partial charge in [-0.2, -0.15) is 0 Å². The highest BCUT2D eigenvalue weighted by Gasteiger charge is 2.29. The molecule has 0 bridgehead atoms. The van der Waals surface area contributed by atoms with E-state index in [1.54, 1.807) is 23.3 Å². The van der Waals surface area contributed by atoms with Crippen molar-refractivity contribution in [2.45, 2.75) is 45.2 Å². The molecule has 2 aromatic rings. The Morgan fingerprint density at radius 3 is 2.91 bits per heavy atom. The van der Waals surface area contributed by atoms with E-state index in [0.29, 0.717) is 12.5 Å². The number of carbonyl (C=O) groups is 1. The number of amides is 2. The van der Waals surface area contributed by atoms with Gasteiger partial charge >= 0.3 is 6.03 Å². The number of aryl methyl sites for hydroxylation is 1. The van der Waals surface area contributed by atoms with Gasteiger partial charge in [0.25, 0.3) is 0 Å². The topological polar surface area (TPSA) is 58.4 Å². The molecular formula is C17H23N3O2S. The molecule has 1 unspecified atom stereocenters. The molecule has 0 aromatic carbocycles. The second-order valence-corrected chi connectivity index (χ2v) is 7.25. The third-order valence-corrected chi connectivity index (χ3v) is 5.38. The fourth-order valence-electron chi connectivity index (χ4n) is 3.23. The summed E-state index contributed by atoms with van der Waals surface area (Å²) in [6, 6.07) is 6.09. The van der Waals surface area contributed by atoms with Crippen LogP contribution >= 0.6 is 11.3 Å². The van der Waals surface area contributed by atoms with Gasteiger partial charge in [0, 0.05) is 18.0 Å². The minimum Gasteiger partial charge on any atom is -0.361 e. The molecule has 1 N–H and O–H groups in total. The summed E-state index contributed by atoms with van der Waals surface area (Å²) >= 11 is 1.72. The van der Waals surface area contributed by atoms with E-state index >= 15 is 0 Å². The zero-order valence-electron chi connectivity index (χ0n) is 13.6. The van der Waals surface area contributed by atoms with Crippen molar-refractivity contribution in [3.05, 3.63) is 39.9 Å². The highest BCUT2D eigenvalue weighted by atomic mass is 32.1. The molecule has 1 aliphatic rings. The molecule has 124 valence electrons. The Hall–Kier alpha value is -1.82. The van der Waals surface area contributed by atoms with E-state index in [4.69, 9.17) is 4.52 Å². The van der Waals surface area contributed by atoms with Crippen molar-refractivity contribution in [2.75, 3.05) is 7.05 Å². The molecule has 6 heteroatoms. The second-order valence-electron chi connectivity index (χ2n) is 6.27. The van der Waals surface area contributed by atoms with Gasteiger partial charge in [-0.05, 0) is 37.1 Å². The molecule has 23 heavy (non-hydrogen) atoms. The van der Waals surface area contributed by atoms with Gasteiger partial charge in [0.2, 0.25) is 0 Å². The van der Waals surface area contributed by atoms with Crippen LogP contribution in [0.4, 0.5) is 4.79 Å². The van der Waals surface area contributed by atoms with Crippen LogP contribution in [0.2, 0.25) is 0 Å². The molecule has 1 saturated carbocycles. The fraction of sp³-hybridized carbons (Fsp3) is 0.529. The Morgan fingerprint density at radius 1 is 1.52 bits per heavy atom. The molecule has 1 aliphatic carbocycles. The van der Waals surface area contributed by atoms with Crippen molar-refractivity contribution in [3.8, 4) is 0 Å². The number of rotatable bonds is 5. The summed E-state index contributed by atoms with van der Waals surface area (Å²) < 4.78 is 5.06. The number of aromatic nitrogens is 1. The maximum Gasteiger partial charge on any atom is 0.318 e. The summed E-state index contributed by atoms with van der Waals surface area (Å²) in [5, 5.41) is 9.25. The van der Waals surface area contributed by atoms with E-state index in [0.717, 1.165) is 11.5 Å². The van der Waals surface area contributed by atoms with Crippen LogP contribution in [0, 0.1) is 12.8 Å². The van der Waals surface area contributed by atoms with Gasteiger partial charge in [0.1, 0.15) is 11.5 Å². The molecular weight excluding hydrogens is 310 g/mol. The Morgan fingerprint density at radius 2 is 2.30 bits per heavy atom. The zero-order valence-corrected chi connectivity index (χ0v) is 14.4. The quantitative estimate of drug-likeness (QED) is 0.895. The standard InChI is InChI=1S/C17H23N3O2S/c1-12-10-14(19-22-12)11-20(2)17(21)18-16(13-6-3-4-7-13)15-8-5-9-23-15/h5,8-10,13,16H,3-4,6-7,11H2,1-2H3,(H,18,21). The van der Waals surface area contributed by atoms with E-state index in [2.05, 4.69) is 28.0 Å². The van der Waals surface area contributed by atoms with Gasteiger partial charge in [-0.15, -0.1) is 11.3 Å². The summed E-state index contributed by atoms with van der Waals surface area (Å²) in [6.07, 6.45) is 4.90. The number of hydrogen-bond donors (Lipinski definition) is 1. The molecule has 0 saturated heterocycles. The lowest BCUT2D eigenvalue weighted by Gasteiger charge is -2.26. The molecule has 2 aromatic heterocycles. The van der Waals surface area contributed by atoms with E-state index < -0.39 is 0 Å². The lowest BCUT2D eigenvalue weighted by Crippen LogP contribution is -2.40. The third-order valence-electron chi connectivity index (χ3n) is 4.42. The summed E-state index contributed by atoms with van der Waals surface area (Å²) in [6.45, 7) is 2.30. The summed E-state index contributed by atoms with van der Waals surface area (Å²) in [5.74, 6) is 1.30. The van der Waals surface area contributed by atoms with Gasteiger partial charge in [0.15, 0.2) is 0 Å². The minimum absolute atomic E-state index is 0.0593.